The largest absolute Gasteiger partial charge is 0.456 e. The molecule has 3 N–H and O–H groups in total. The number of fused-ring (bicyclic) bond motifs is 3. The van der Waals surface area contributed by atoms with Gasteiger partial charge in [-0.15, -0.1) is 10.2 Å². The number of benzene rings is 2. The summed E-state index contributed by atoms with van der Waals surface area (Å²) in [6.07, 6.45) is 0.223. The number of carbonyl (C=O) groups is 2. The number of aryl methyl sites for hydroxylation is 1. The van der Waals surface area contributed by atoms with Crippen molar-refractivity contribution < 1.29 is 14.3 Å². The first-order valence-electron chi connectivity index (χ1n) is 9.54. The molecular weight excluding hydrogens is 400 g/mol. The standard InChI is InChI=1S/C21H20N6O4/c1-26-18(28)14-9-5-6-10-16(14)27-17(24-25-21(26)27)12-31-19(29)15(23-20(22)30)11-13-7-3-2-4-8-13/h2-10,15H,11-12H2,1H3,(H3,22,23,30). The van der Waals surface area contributed by atoms with E-state index in [0.717, 1.165) is 5.56 Å². The Morgan fingerprint density at radius 2 is 1.81 bits per heavy atom. The maximum Gasteiger partial charge on any atom is 0.329 e. The van der Waals surface area contributed by atoms with Crippen molar-refractivity contribution in [3.8, 4) is 0 Å². The van der Waals surface area contributed by atoms with Gasteiger partial charge in [0.2, 0.25) is 5.78 Å². The topological polar surface area (TPSA) is 134 Å². The molecule has 2 aromatic carbocycles. The number of para-hydroxylation sites is 1. The van der Waals surface area contributed by atoms with Crippen LogP contribution in [0.1, 0.15) is 11.4 Å². The number of nitrogens with one attached hydrogen (secondary N) is 1. The Labute approximate surface area is 176 Å². The number of nitrogens with two attached hydrogens (primary N) is 1. The highest BCUT2D eigenvalue weighted by Gasteiger charge is 2.23. The monoisotopic (exact) mass is 420 g/mol. The van der Waals surface area contributed by atoms with Crippen molar-refractivity contribution in [3.05, 3.63) is 76.3 Å². The fraction of sp³-hybridized carbons (Fsp3) is 0.190. The minimum atomic E-state index is -0.958. The fourth-order valence-electron chi connectivity index (χ4n) is 3.44. The van der Waals surface area contributed by atoms with E-state index < -0.39 is 18.0 Å². The van der Waals surface area contributed by atoms with Crippen molar-refractivity contribution in [1.29, 1.82) is 0 Å². The summed E-state index contributed by atoms with van der Waals surface area (Å²) in [5, 5.41) is 11.1. The zero-order valence-corrected chi connectivity index (χ0v) is 16.7. The van der Waals surface area contributed by atoms with Crippen molar-refractivity contribution in [3.63, 3.8) is 0 Å². The number of aromatic nitrogens is 4. The smallest absolute Gasteiger partial charge is 0.329 e. The quantitative estimate of drug-likeness (QED) is 0.445. The highest BCUT2D eigenvalue weighted by atomic mass is 16.5. The van der Waals surface area contributed by atoms with E-state index in [0.29, 0.717) is 22.5 Å². The second-order valence-corrected chi connectivity index (χ2v) is 6.99. The van der Waals surface area contributed by atoms with Gasteiger partial charge in [-0.2, -0.15) is 0 Å². The summed E-state index contributed by atoms with van der Waals surface area (Å²) < 4.78 is 8.48. The molecule has 0 saturated carbocycles. The number of nitrogens with zero attached hydrogens (tertiary/aromatic N) is 4. The van der Waals surface area contributed by atoms with Crippen molar-refractivity contribution in [2.45, 2.75) is 19.1 Å². The van der Waals surface area contributed by atoms with Gasteiger partial charge in [0, 0.05) is 13.5 Å². The number of esters is 1. The maximum atomic E-state index is 12.7. The van der Waals surface area contributed by atoms with Crippen molar-refractivity contribution in [2.24, 2.45) is 12.8 Å². The first kappa shape index (κ1) is 20.1. The van der Waals surface area contributed by atoms with Crippen LogP contribution >= 0.6 is 0 Å². The lowest BCUT2D eigenvalue weighted by atomic mass is 10.1. The molecule has 0 aliphatic heterocycles. The Bertz CT molecular complexity index is 1330. The molecule has 0 bridgehead atoms. The van der Waals surface area contributed by atoms with Gasteiger partial charge in [0.05, 0.1) is 10.9 Å². The first-order valence-corrected chi connectivity index (χ1v) is 9.54. The van der Waals surface area contributed by atoms with E-state index in [2.05, 4.69) is 15.5 Å². The summed E-state index contributed by atoms with van der Waals surface area (Å²) in [7, 11) is 1.60. The van der Waals surface area contributed by atoms with Crippen molar-refractivity contribution in [1.82, 2.24) is 24.5 Å². The van der Waals surface area contributed by atoms with Crippen molar-refractivity contribution in [2.75, 3.05) is 0 Å². The zero-order chi connectivity index (χ0) is 22.0. The lowest BCUT2D eigenvalue weighted by molar-refractivity contribution is -0.147. The second-order valence-electron chi connectivity index (χ2n) is 6.99. The van der Waals surface area contributed by atoms with Crippen LogP contribution in [0.15, 0.2) is 59.4 Å². The van der Waals surface area contributed by atoms with Crippen LogP contribution in [0.25, 0.3) is 16.7 Å². The molecule has 2 amide bonds. The Morgan fingerprint density at radius 1 is 1.10 bits per heavy atom. The Hall–Kier alpha value is -4.21. The van der Waals surface area contributed by atoms with E-state index in [-0.39, 0.29) is 18.6 Å². The van der Waals surface area contributed by atoms with Crippen LogP contribution < -0.4 is 16.6 Å². The number of amides is 2. The highest BCUT2D eigenvalue weighted by Crippen LogP contribution is 2.15. The molecular formula is C21H20N6O4. The minimum absolute atomic E-state index is 0.200. The number of carbonyl (C=O) groups excluding carboxylic acids is 2. The fourth-order valence-corrected chi connectivity index (χ4v) is 3.44. The zero-order valence-electron chi connectivity index (χ0n) is 16.7. The van der Waals surface area contributed by atoms with Gasteiger partial charge in [0.15, 0.2) is 12.4 Å². The number of ether oxygens (including phenoxy) is 1. The van der Waals surface area contributed by atoms with Crippen LogP contribution in [0, 0.1) is 0 Å². The lowest BCUT2D eigenvalue weighted by Crippen LogP contribution is -2.45. The van der Waals surface area contributed by atoms with E-state index in [9.17, 15) is 14.4 Å². The van der Waals surface area contributed by atoms with Gasteiger partial charge in [-0.1, -0.05) is 42.5 Å². The van der Waals surface area contributed by atoms with Gasteiger partial charge in [-0.25, -0.2) is 9.59 Å². The molecule has 2 aromatic heterocycles. The molecule has 10 heteroatoms. The lowest BCUT2D eigenvalue weighted by Gasteiger charge is -2.16. The van der Waals surface area contributed by atoms with Crippen LogP contribution in [0.2, 0.25) is 0 Å². The molecule has 0 saturated heterocycles. The number of hydrogen-bond acceptors (Lipinski definition) is 6. The molecule has 4 aromatic rings. The molecule has 0 fully saturated rings. The molecule has 4 rings (SSSR count). The van der Waals surface area contributed by atoms with E-state index in [4.69, 9.17) is 10.5 Å². The van der Waals surface area contributed by atoms with Gasteiger partial charge in [-0.05, 0) is 17.7 Å². The molecule has 1 atom stereocenters. The second kappa shape index (κ2) is 8.27. The Balaban J connectivity index is 1.61. The predicted molar refractivity (Wildman–Crippen MR) is 112 cm³/mol. The third-order valence-electron chi connectivity index (χ3n) is 4.92. The molecule has 1 unspecified atom stereocenters. The van der Waals surface area contributed by atoms with Gasteiger partial charge in [0.25, 0.3) is 5.56 Å². The average molecular weight is 420 g/mol. The van der Waals surface area contributed by atoms with E-state index in [1.165, 1.54) is 4.57 Å². The first-order chi connectivity index (χ1) is 15.0. The summed E-state index contributed by atoms with van der Waals surface area (Å²) in [6, 6.07) is 14.4. The average Bonchev–Trinajstić information content (AvgIpc) is 3.20. The van der Waals surface area contributed by atoms with Crippen molar-refractivity contribution >= 4 is 28.7 Å². The molecule has 0 radical (unpaired) electrons. The molecule has 2 heterocycles. The number of primary amides is 1. The van der Waals surface area contributed by atoms with Crippen LogP contribution in [-0.2, 0) is 29.6 Å². The normalized spacial score (nSPS) is 12.0. The SMILES string of the molecule is Cn1c(=O)c2ccccc2n2c(COC(=O)C(Cc3ccccc3)NC(N)=O)nnc12. The van der Waals surface area contributed by atoms with E-state index in [1.807, 2.05) is 30.3 Å². The molecule has 0 spiro atoms. The van der Waals surface area contributed by atoms with E-state index in [1.54, 1.807) is 35.7 Å². The predicted octanol–water partition coefficient (Wildman–Crippen LogP) is 0.904. The summed E-state index contributed by atoms with van der Waals surface area (Å²) in [5.74, 6) is 0.00654. The van der Waals surface area contributed by atoms with Crippen LogP contribution in [0.4, 0.5) is 4.79 Å². The third-order valence-corrected chi connectivity index (χ3v) is 4.92. The van der Waals surface area contributed by atoms with Gasteiger partial charge >= 0.3 is 12.0 Å². The molecule has 0 aliphatic rings. The Kier molecular flexibility index (Phi) is 5.35. The number of hydrogen-bond donors (Lipinski definition) is 2. The van der Waals surface area contributed by atoms with Crippen LogP contribution in [0.5, 0.6) is 0 Å². The molecule has 31 heavy (non-hydrogen) atoms. The summed E-state index contributed by atoms with van der Waals surface area (Å²) >= 11 is 0. The van der Waals surface area contributed by atoms with Gasteiger partial charge in [-0.3, -0.25) is 13.8 Å². The number of urea groups is 1. The molecule has 0 aliphatic carbocycles. The van der Waals surface area contributed by atoms with Gasteiger partial charge in [0.1, 0.15) is 6.04 Å². The van der Waals surface area contributed by atoms with Gasteiger partial charge < -0.3 is 15.8 Å². The Morgan fingerprint density at radius 3 is 2.55 bits per heavy atom. The van der Waals surface area contributed by atoms with E-state index >= 15 is 0 Å². The molecule has 10 nitrogen and oxygen atoms in total. The summed E-state index contributed by atoms with van der Waals surface area (Å²) in [4.78, 5) is 36.6. The van der Waals surface area contributed by atoms with Crippen LogP contribution in [0.3, 0.4) is 0 Å². The maximum absolute atomic E-state index is 12.7. The third kappa shape index (κ3) is 3.95. The summed E-state index contributed by atoms with van der Waals surface area (Å²) in [5.41, 5.74) is 6.47. The van der Waals surface area contributed by atoms with Crippen LogP contribution in [-0.4, -0.2) is 37.2 Å². The summed E-state index contributed by atoms with van der Waals surface area (Å²) in [6.45, 7) is -0.200. The number of rotatable bonds is 6. The minimum Gasteiger partial charge on any atom is -0.456 e. The molecule has 158 valence electrons. The highest BCUT2D eigenvalue weighted by molar-refractivity contribution is 5.83.